The van der Waals surface area contributed by atoms with E-state index in [-0.39, 0.29) is 18.9 Å². The van der Waals surface area contributed by atoms with E-state index in [1.807, 2.05) is 6.08 Å². The third kappa shape index (κ3) is 9.64. The van der Waals surface area contributed by atoms with Crippen molar-refractivity contribution in [2.24, 2.45) is 0 Å². The molecule has 0 aromatic rings. The SMILES string of the molecule is CCCCCC/C=C/C(O)C(COC1OC(CO)C(OC2OC(CO)C(O)C(O)C2O)C(O)C1O)NC(=O)CC. The molecule has 0 bridgehead atoms. The third-order valence-electron chi connectivity index (χ3n) is 7.04. The summed E-state index contributed by atoms with van der Waals surface area (Å²) in [6.45, 7) is 2.03. The molecule has 1 amide bonds. The Bertz CT molecular complexity index is 754. The number of unbranched alkanes of at least 4 members (excludes halogenated alkanes) is 4. The van der Waals surface area contributed by atoms with Crippen molar-refractivity contribution in [2.45, 2.75) is 126 Å². The number of amides is 1. The molecule has 0 radical (unpaired) electrons. The van der Waals surface area contributed by atoms with Crippen molar-refractivity contribution < 1.29 is 64.6 Å². The molecule has 2 heterocycles. The smallest absolute Gasteiger partial charge is 0.220 e. The van der Waals surface area contributed by atoms with Crippen LogP contribution in [0.25, 0.3) is 0 Å². The predicted molar refractivity (Wildman–Crippen MR) is 138 cm³/mol. The highest BCUT2D eigenvalue weighted by molar-refractivity contribution is 5.75. The summed E-state index contributed by atoms with van der Waals surface area (Å²) in [5, 5.41) is 84.1. The first kappa shape index (κ1) is 34.9. The Balaban J connectivity index is 2.03. The fourth-order valence-electron chi connectivity index (χ4n) is 4.48. The van der Waals surface area contributed by atoms with Gasteiger partial charge in [0.2, 0.25) is 5.91 Å². The molecule has 2 aliphatic rings. The van der Waals surface area contributed by atoms with Crippen molar-refractivity contribution in [1.29, 1.82) is 0 Å². The molecular weight excluding hydrogens is 534 g/mol. The summed E-state index contributed by atoms with van der Waals surface area (Å²) < 4.78 is 22.0. The summed E-state index contributed by atoms with van der Waals surface area (Å²) in [7, 11) is 0. The summed E-state index contributed by atoms with van der Waals surface area (Å²) in [4.78, 5) is 12.0. The van der Waals surface area contributed by atoms with E-state index < -0.39 is 86.8 Å². The average Bonchev–Trinajstić information content (AvgIpc) is 2.95. The van der Waals surface area contributed by atoms with E-state index in [0.29, 0.717) is 0 Å². The van der Waals surface area contributed by atoms with E-state index in [2.05, 4.69) is 12.2 Å². The van der Waals surface area contributed by atoms with Crippen molar-refractivity contribution in [2.75, 3.05) is 19.8 Å². The maximum Gasteiger partial charge on any atom is 0.220 e. The van der Waals surface area contributed by atoms with Gasteiger partial charge in [0, 0.05) is 6.42 Å². The maximum absolute atomic E-state index is 12.0. The minimum Gasteiger partial charge on any atom is -0.394 e. The van der Waals surface area contributed by atoms with Gasteiger partial charge in [0.1, 0.15) is 48.8 Å². The standard InChI is InChI=1S/C26H47NO13/c1-3-5-6-7-8-9-10-15(30)14(27-18(31)4-2)13-37-25-23(36)21(34)24(17(12-29)39-25)40-26-22(35)20(33)19(32)16(11-28)38-26/h9-10,14-17,19-26,28-30,32-36H,3-8,11-13H2,1-2H3,(H,27,31)/b10-9+. The lowest BCUT2D eigenvalue weighted by atomic mass is 9.97. The minimum atomic E-state index is -1.78. The van der Waals surface area contributed by atoms with Crippen molar-refractivity contribution in [3.05, 3.63) is 12.2 Å². The van der Waals surface area contributed by atoms with Gasteiger partial charge in [0.15, 0.2) is 12.6 Å². The molecule has 0 spiro atoms. The second kappa shape index (κ2) is 17.6. The number of carbonyl (C=O) groups excluding carboxylic acids is 1. The van der Waals surface area contributed by atoms with Crippen LogP contribution < -0.4 is 5.32 Å². The number of aliphatic hydroxyl groups excluding tert-OH is 8. The van der Waals surface area contributed by atoms with Gasteiger partial charge in [-0.2, -0.15) is 0 Å². The molecule has 2 rings (SSSR count). The van der Waals surface area contributed by atoms with Gasteiger partial charge in [-0.1, -0.05) is 45.3 Å². The van der Waals surface area contributed by atoms with Crippen LogP contribution in [0.3, 0.4) is 0 Å². The molecule has 2 aliphatic heterocycles. The lowest BCUT2D eigenvalue weighted by Crippen LogP contribution is -2.65. The van der Waals surface area contributed by atoms with Crippen LogP contribution in [-0.4, -0.2) is 140 Å². The third-order valence-corrected chi connectivity index (χ3v) is 7.04. The van der Waals surface area contributed by atoms with Crippen LogP contribution >= 0.6 is 0 Å². The van der Waals surface area contributed by atoms with Crippen LogP contribution in [0.15, 0.2) is 12.2 Å². The van der Waals surface area contributed by atoms with Gasteiger partial charge in [-0.3, -0.25) is 4.79 Å². The van der Waals surface area contributed by atoms with Gasteiger partial charge in [0.05, 0.1) is 32.0 Å². The van der Waals surface area contributed by atoms with Crippen LogP contribution in [0.2, 0.25) is 0 Å². The molecule has 0 saturated carbocycles. The van der Waals surface area contributed by atoms with Gasteiger partial charge in [-0.15, -0.1) is 0 Å². The molecule has 0 aromatic heterocycles. The number of aliphatic hydroxyl groups is 8. The molecule has 12 unspecified atom stereocenters. The van der Waals surface area contributed by atoms with Gasteiger partial charge >= 0.3 is 0 Å². The van der Waals surface area contributed by atoms with E-state index in [1.54, 1.807) is 13.0 Å². The second-order valence-electron chi connectivity index (χ2n) is 10.1. The average molecular weight is 582 g/mol. The van der Waals surface area contributed by atoms with Crippen LogP contribution in [0.4, 0.5) is 0 Å². The number of hydrogen-bond donors (Lipinski definition) is 9. The first-order valence-electron chi connectivity index (χ1n) is 13.9. The maximum atomic E-state index is 12.0. The fraction of sp³-hybridized carbons (Fsp3) is 0.885. The highest BCUT2D eigenvalue weighted by Crippen LogP contribution is 2.29. The predicted octanol–water partition coefficient (Wildman–Crippen LogP) is -2.59. The van der Waals surface area contributed by atoms with Gasteiger partial charge in [-0.05, 0) is 12.8 Å². The lowest BCUT2D eigenvalue weighted by Gasteiger charge is -2.46. The lowest BCUT2D eigenvalue weighted by molar-refractivity contribution is -0.359. The van der Waals surface area contributed by atoms with Crippen molar-refractivity contribution in [3.8, 4) is 0 Å². The Morgan fingerprint density at radius 1 is 0.875 bits per heavy atom. The topological polar surface area (TPSA) is 228 Å². The van der Waals surface area contributed by atoms with E-state index in [1.165, 1.54) is 0 Å². The van der Waals surface area contributed by atoms with E-state index in [4.69, 9.17) is 18.9 Å². The van der Waals surface area contributed by atoms with Gasteiger partial charge in [-0.25, -0.2) is 0 Å². The zero-order valence-electron chi connectivity index (χ0n) is 23.1. The van der Waals surface area contributed by atoms with E-state index in [9.17, 15) is 45.6 Å². The van der Waals surface area contributed by atoms with Crippen LogP contribution in [0, 0.1) is 0 Å². The highest BCUT2D eigenvalue weighted by Gasteiger charge is 2.50. The fourth-order valence-corrected chi connectivity index (χ4v) is 4.48. The largest absolute Gasteiger partial charge is 0.394 e. The van der Waals surface area contributed by atoms with Crippen molar-refractivity contribution in [1.82, 2.24) is 5.32 Å². The molecule has 0 aliphatic carbocycles. The number of allylic oxidation sites excluding steroid dienone is 1. The zero-order valence-corrected chi connectivity index (χ0v) is 23.1. The Morgan fingerprint density at radius 2 is 1.52 bits per heavy atom. The van der Waals surface area contributed by atoms with Crippen molar-refractivity contribution in [3.63, 3.8) is 0 Å². The van der Waals surface area contributed by atoms with E-state index in [0.717, 1.165) is 32.1 Å². The Labute approximate surface area is 234 Å². The van der Waals surface area contributed by atoms with Gasteiger partial charge in [0.25, 0.3) is 0 Å². The quantitative estimate of drug-likeness (QED) is 0.0674. The number of nitrogens with one attached hydrogen (secondary N) is 1. The van der Waals surface area contributed by atoms with Crippen molar-refractivity contribution >= 4 is 5.91 Å². The Hall–Kier alpha value is -1.27. The number of hydrogen-bond acceptors (Lipinski definition) is 13. The molecular formula is C26H47NO13. The first-order chi connectivity index (χ1) is 19.1. The molecule has 12 atom stereocenters. The molecule has 0 aromatic carbocycles. The Kier molecular flexibility index (Phi) is 15.4. The summed E-state index contributed by atoms with van der Waals surface area (Å²) in [5.41, 5.74) is 0. The molecule has 234 valence electrons. The van der Waals surface area contributed by atoms with Crippen LogP contribution in [0.1, 0.15) is 52.4 Å². The monoisotopic (exact) mass is 581 g/mol. The summed E-state index contributed by atoms with van der Waals surface area (Å²) >= 11 is 0. The molecule has 40 heavy (non-hydrogen) atoms. The molecule has 14 nitrogen and oxygen atoms in total. The Morgan fingerprint density at radius 3 is 2.15 bits per heavy atom. The van der Waals surface area contributed by atoms with Crippen LogP contribution in [-0.2, 0) is 23.7 Å². The number of rotatable bonds is 16. The minimum absolute atomic E-state index is 0.161. The zero-order chi connectivity index (χ0) is 29.8. The van der Waals surface area contributed by atoms with Gasteiger partial charge < -0.3 is 65.1 Å². The molecule has 14 heteroatoms. The molecule has 9 N–H and O–H groups in total. The molecule has 2 saturated heterocycles. The second-order valence-corrected chi connectivity index (χ2v) is 10.1. The molecule has 2 fully saturated rings. The summed E-state index contributed by atoms with van der Waals surface area (Å²) in [6.07, 6.45) is -8.33. The normalized spacial score (nSPS) is 36.5. The van der Waals surface area contributed by atoms with Crippen LogP contribution in [0.5, 0.6) is 0 Å². The first-order valence-corrected chi connectivity index (χ1v) is 13.9. The number of carbonyl (C=O) groups is 1. The highest BCUT2D eigenvalue weighted by atomic mass is 16.7. The summed E-state index contributed by atoms with van der Waals surface area (Å²) in [6, 6.07) is -0.900. The number of ether oxygens (including phenoxy) is 4. The summed E-state index contributed by atoms with van der Waals surface area (Å²) in [5.74, 6) is -0.338. The van der Waals surface area contributed by atoms with E-state index >= 15 is 0 Å².